The monoisotopic (exact) mass is 222 g/mol. The molecule has 1 rings (SSSR count). The first-order chi connectivity index (χ1) is 7.50. The van der Waals surface area contributed by atoms with Crippen LogP contribution in [0.2, 0.25) is 0 Å². The van der Waals surface area contributed by atoms with Crippen LogP contribution in [0.25, 0.3) is 0 Å². The smallest absolute Gasteiger partial charge is 0.319 e. The topological polar surface area (TPSA) is 57.3 Å². The van der Waals surface area contributed by atoms with Crippen LogP contribution < -0.4 is 15.5 Å². The molecule has 88 valence electrons. The van der Waals surface area contributed by atoms with Crippen molar-refractivity contribution in [1.29, 1.82) is 0 Å². The van der Waals surface area contributed by atoms with Crippen LogP contribution >= 0.6 is 0 Å². The van der Waals surface area contributed by atoms with Crippen LogP contribution in [-0.4, -0.2) is 31.2 Å². The molecular weight excluding hydrogens is 204 g/mol. The first kappa shape index (κ1) is 12.3. The predicted octanol–water partition coefficient (Wildman–Crippen LogP) is 1.68. The zero-order valence-electron chi connectivity index (χ0n) is 10.1. The van der Waals surface area contributed by atoms with Gasteiger partial charge < -0.3 is 15.5 Å². The molecule has 0 saturated carbocycles. The number of nitrogens with zero attached hydrogens (tertiary/aromatic N) is 2. The van der Waals surface area contributed by atoms with Crippen LogP contribution in [-0.2, 0) is 0 Å². The molecule has 0 aliphatic rings. The summed E-state index contributed by atoms with van der Waals surface area (Å²) in [7, 11) is 3.77. The number of rotatable bonds is 3. The maximum atomic E-state index is 11.5. The second-order valence-electron chi connectivity index (χ2n) is 4.02. The maximum Gasteiger partial charge on any atom is 0.319 e. The van der Waals surface area contributed by atoms with E-state index >= 15 is 0 Å². The molecule has 0 aliphatic carbocycles. The molecule has 0 unspecified atom stereocenters. The standard InChI is InChI=1S/C11H18N4O/c1-8(2)13-11(16)14-9-6-5-7-12-10(9)15(3)4/h5-8H,1-4H3,(H2,13,14,16). The molecule has 0 fully saturated rings. The predicted molar refractivity (Wildman–Crippen MR) is 65.9 cm³/mol. The van der Waals surface area contributed by atoms with Crippen molar-refractivity contribution in [2.24, 2.45) is 0 Å². The van der Waals surface area contributed by atoms with Crippen LogP contribution in [0.15, 0.2) is 18.3 Å². The number of amides is 2. The van der Waals surface area contributed by atoms with E-state index in [1.807, 2.05) is 38.9 Å². The Bertz CT molecular complexity index is 363. The van der Waals surface area contributed by atoms with Crippen molar-refractivity contribution < 1.29 is 4.79 Å². The molecule has 1 heterocycles. The number of carbonyl (C=O) groups excluding carboxylic acids is 1. The van der Waals surface area contributed by atoms with E-state index in [-0.39, 0.29) is 12.1 Å². The minimum Gasteiger partial charge on any atom is -0.361 e. The van der Waals surface area contributed by atoms with E-state index in [1.165, 1.54) is 0 Å². The molecule has 0 aromatic carbocycles. The lowest BCUT2D eigenvalue weighted by molar-refractivity contribution is 0.250. The molecule has 1 aromatic heterocycles. The van der Waals surface area contributed by atoms with Crippen LogP contribution in [0.3, 0.4) is 0 Å². The van der Waals surface area contributed by atoms with Crippen molar-refractivity contribution in [2.45, 2.75) is 19.9 Å². The lowest BCUT2D eigenvalue weighted by atomic mass is 10.3. The van der Waals surface area contributed by atoms with Crippen LogP contribution in [0, 0.1) is 0 Å². The summed E-state index contributed by atoms with van der Waals surface area (Å²) in [5.41, 5.74) is 0.700. The van der Waals surface area contributed by atoms with Gasteiger partial charge in [-0.2, -0.15) is 0 Å². The fourth-order valence-corrected chi connectivity index (χ4v) is 1.27. The minimum absolute atomic E-state index is 0.111. The molecular formula is C11H18N4O. The fraction of sp³-hybridized carbons (Fsp3) is 0.455. The Morgan fingerprint density at radius 1 is 1.44 bits per heavy atom. The molecule has 0 atom stereocenters. The Kier molecular flexibility index (Phi) is 4.10. The number of hydrogen-bond acceptors (Lipinski definition) is 3. The van der Waals surface area contributed by atoms with E-state index in [0.717, 1.165) is 5.82 Å². The van der Waals surface area contributed by atoms with E-state index in [1.54, 1.807) is 12.3 Å². The fourth-order valence-electron chi connectivity index (χ4n) is 1.27. The molecule has 2 amide bonds. The third-order valence-corrected chi connectivity index (χ3v) is 1.88. The summed E-state index contributed by atoms with van der Waals surface area (Å²) in [6.45, 7) is 3.82. The second kappa shape index (κ2) is 5.34. The number of nitrogens with one attached hydrogen (secondary N) is 2. The third-order valence-electron chi connectivity index (χ3n) is 1.88. The van der Waals surface area contributed by atoms with Gasteiger partial charge in [-0.05, 0) is 26.0 Å². The first-order valence-electron chi connectivity index (χ1n) is 5.20. The molecule has 16 heavy (non-hydrogen) atoms. The molecule has 2 N–H and O–H groups in total. The highest BCUT2D eigenvalue weighted by atomic mass is 16.2. The summed E-state index contributed by atoms with van der Waals surface area (Å²) >= 11 is 0. The van der Waals surface area contributed by atoms with Gasteiger partial charge in [-0.3, -0.25) is 0 Å². The number of hydrogen-bond donors (Lipinski definition) is 2. The van der Waals surface area contributed by atoms with E-state index in [9.17, 15) is 4.79 Å². The number of urea groups is 1. The highest BCUT2D eigenvalue weighted by Gasteiger charge is 2.09. The second-order valence-corrected chi connectivity index (χ2v) is 4.02. The zero-order chi connectivity index (χ0) is 12.1. The normalized spacial score (nSPS) is 10.1. The number of anilines is 2. The highest BCUT2D eigenvalue weighted by Crippen LogP contribution is 2.19. The van der Waals surface area contributed by atoms with E-state index in [2.05, 4.69) is 15.6 Å². The van der Waals surface area contributed by atoms with Crippen molar-refractivity contribution in [1.82, 2.24) is 10.3 Å². The van der Waals surface area contributed by atoms with Gasteiger partial charge in [0.15, 0.2) is 5.82 Å². The number of pyridine rings is 1. The Hall–Kier alpha value is -1.78. The molecule has 5 heteroatoms. The van der Waals surface area contributed by atoms with Crippen molar-refractivity contribution in [3.8, 4) is 0 Å². The van der Waals surface area contributed by atoms with Gasteiger partial charge >= 0.3 is 6.03 Å². The molecule has 1 aromatic rings. The molecule has 0 spiro atoms. The number of aromatic nitrogens is 1. The molecule has 0 aliphatic heterocycles. The Balaban J connectivity index is 2.77. The third kappa shape index (κ3) is 3.42. The molecule has 0 radical (unpaired) electrons. The maximum absolute atomic E-state index is 11.5. The largest absolute Gasteiger partial charge is 0.361 e. The lowest BCUT2D eigenvalue weighted by Crippen LogP contribution is -2.34. The van der Waals surface area contributed by atoms with Crippen LogP contribution in [0.5, 0.6) is 0 Å². The minimum atomic E-state index is -0.217. The summed E-state index contributed by atoms with van der Waals surface area (Å²) < 4.78 is 0. The number of carbonyl (C=O) groups is 1. The van der Waals surface area contributed by atoms with Crippen molar-refractivity contribution in [3.05, 3.63) is 18.3 Å². The SMILES string of the molecule is CC(C)NC(=O)Nc1cccnc1N(C)C. The van der Waals surface area contributed by atoms with Gasteiger partial charge in [0, 0.05) is 26.3 Å². The summed E-state index contributed by atoms with van der Waals surface area (Å²) in [5, 5.41) is 5.53. The quantitative estimate of drug-likeness (QED) is 0.818. The van der Waals surface area contributed by atoms with E-state index in [4.69, 9.17) is 0 Å². The van der Waals surface area contributed by atoms with Gasteiger partial charge in [-0.1, -0.05) is 0 Å². The van der Waals surface area contributed by atoms with Crippen LogP contribution in [0.4, 0.5) is 16.3 Å². The van der Waals surface area contributed by atoms with E-state index in [0.29, 0.717) is 5.69 Å². The van der Waals surface area contributed by atoms with Gasteiger partial charge in [-0.25, -0.2) is 9.78 Å². The first-order valence-corrected chi connectivity index (χ1v) is 5.20. The Labute approximate surface area is 95.9 Å². The Morgan fingerprint density at radius 2 is 2.12 bits per heavy atom. The summed E-state index contributed by atoms with van der Waals surface area (Å²) in [6, 6.07) is 3.51. The van der Waals surface area contributed by atoms with Gasteiger partial charge in [-0.15, -0.1) is 0 Å². The van der Waals surface area contributed by atoms with Gasteiger partial charge in [0.05, 0.1) is 5.69 Å². The summed E-state index contributed by atoms with van der Waals surface area (Å²) in [4.78, 5) is 17.6. The molecule has 5 nitrogen and oxygen atoms in total. The van der Waals surface area contributed by atoms with Gasteiger partial charge in [0.25, 0.3) is 0 Å². The molecule has 0 saturated heterocycles. The van der Waals surface area contributed by atoms with Gasteiger partial charge in [0.1, 0.15) is 0 Å². The zero-order valence-corrected chi connectivity index (χ0v) is 10.1. The van der Waals surface area contributed by atoms with E-state index < -0.39 is 0 Å². The van der Waals surface area contributed by atoms with Crippen LogP contribution in [0.1, 0.15) is 13.8 Å². The summed E-state index contributed by atoms with van der Waals surface area (Å²) in [5.74, 6) is 0.737. The average molecular weight is 222 g/mol. The lowest BCUT2D eigenvalue weighted by Gasteiger charge is -2.17. The van der Waals surface area contributed by atoms with Gasteiger partial charge in [0.2, 0.25) is 0 Å². The molecule has 0 bridgehead atoms. The highest BCUT2D eigenvalue weighted by molar-refractivity contribution is 5.92. The van der Waals surface area contributed by atoms with Crippen molar-refractivity contribution in [3.63, 3.8) is 0 Å². The van der Waals surface area contributed by atoms with Crippen molar-refractivity contribution in [2.75, 3.05) is 24.3 Å². The Morgan fingerprint density at radius 3 is 2.69 bits per heavy atom. The summed E-state index contributed by atoms with van der Waals surface area (Å²) in [6.07, 6.45) is 1.70. The van der Waals surface area contributed by atoms with Crippen molar-refractivity contribution >= 4 is 17.5 Å². The average Bonchev–Trinajstić information content (AvgIpc) is 2.16.